The van der Waals surface area contributed by atoms with Crippen LogP contribution in [0.15, 0.2) is 35.2 Å². The van der Waals surface area contributed by atoms with E-state index in [0.717, 1.165) is 16.8 Å². The molecule has 3 nitrogen and oxygen atoms in total. The average molecular weight is 291 g/mol. The van der Waals surface area contributed by atoms with Gasteiger partial charge in [-0.3, -0.25) is 4.72 Å². The van der Waals surface area contributed by atoms with Crippen LogP contribution >= 0.6 is 0 Å². The molecule has 100 valence electrons. The van der Waals surface area contributed by atoms with Gasteiger partial charge in [-0.15, -0.1) is 0 Å². The summed E-state index contributed by atoms with van der Waals surface area (Å²) in [5.74, 6) is 0. The summed E-state index contributed by atoms with van der Waals surface area (Å²) in [5, 5.41) is 1.93. The summed E-state index contributed by atoms with van der Waals surface area (Å²) < 4.78 is 26.7. The summed E-state index contributed by atoms with van der Waals surface area (Å²) in [4.78, 5) is 0.414. The molecule has 0 radical (unpaired) electrons. The Hall–Kier alpha value is -1.33. The zero-order valence-corrected chi connectivity index (χ0v) is 13.1. The molecule has 1 aliphatic heterocycles. The first-order valence-electron chi connectivity index (χ1n) is 6.35. The average Bonchev–Trinajstić information content (AvgIpc) is 2.53. The lowest BCUT2D eigenvalue weighted by Crippen LogP contribution is -2.24. The minimum atomic E-state index is -3.36. The first-order chi connectivity index (χ1) is 8.78. The Morgan fingerprint density at radius 1 is 1.11 bits per heavy atom. The maximum Gasteiger partial charge on any atom is 0.262 e. The zero-order chi connectivity index (χ0) is 13.8. The second-order valence-corrected chi connectivity index (χ2v) is 13.4. The van der Waals surface area contributed by atoms with Crippen LogP contribution in [0.4, 0.5) is 5.69 Å². The van der Waals surface area contributed by atoms with Crippen molar-refractivity contribution in [2.45, 2.75) is 30.6 Å². The Balaban J connectivity index is 2.32. The van der Waals surface area contributed by atoms with Crippen molar-refractivity contribution in [3.8, 4) is 0 Å². The van der Waals surface area contributed by atoms with Crippen LogP contribution in [0.5, 0.6) is 0 Å². The van der Waals surface area contributed by atoms with Crippen molar-refractivity contribution in [3.63, 3.8) is 0 Å². The van der Waals surface area contributed by atoms with Crippen molar-refractivity contribution in [2.75, 3.05) is 4.72 Å². The molecular weight excluding hydrogens is 274 g/mol. The Labute approximate surface area is 114 Å². The molecule has 0 atom stereocenters. The van der Waals surface area contributed by atoms with Gasteiger partial charge in [-0.1, -0.05) is 37.8 Å². The largest absolute Gasteiger partial charge is 0.279 e. The SMILES string of the molecule is C[Si](C)(C)Cc1ccc2c3c(cccc13)NS2(=O)=O. The van der Waals surface area contributed by atoms with Gasteiger partial charge in [0.05, 0.1) is 10.6 Å². The molecule has 0 fully saturated rings. The summed E-state index contributed by atoms with van der Waals surface area (Å²) in [7, 11) is -4.59. The predicted molar refractivity (Wildman–Crippen MR) is 81.8 cm³/mol. The molecule has 2 aromatic carbocycles. The molecule has 0 amide bonds. The normalized spacial score (nSPS) is 16.6. The second kappa shape index (κ2) is 3.83. The van der Waals surface area contributed by atoms with E-state index in [9.17, 15) is 8.42 Å². The Morgan fingerprint density at radius 2 is 1.84 bits per heavy atom. The lowest BCUT2D eigenvalue weighted by Gasteiger charge is -2.17. The molecule has 0 aromatic heterocycles. The minimum Gasteiger partial charge on any atom is -0.279 e. The van der Waals surface area contributed by atoms with E-state index in [1.807, 2.05) is 24.3 Å². The standard InChI is InChI=1S/C14H17NO2SSi/c1-19(2,3)9-10-7-8-13-14-11(10)5-4-6-12(14)15-18(13,16)17/h4-8,15H,9H2,1-3H3. The van der Waals surface area contributed by atoms with Crippen molar-refractivity contribution in [2.24, 2.45) is 0 Å². The number of nitrogens with one attached hydrogen (secondary N) is 1. The fraction of sp³-hybridized carbons (Fsp3) is 0.286. The fourth-order valence-electron chi connectivity index (χ4n) is 2.67. The van der Waals surface area contributed by atoms with Gasteiger partial charge < -0.3 is 0 Å². The summed E-state index contributed by atoms with van der Waals surface area (Å²) in [6, 6.07) is 10.6. The molecule has 19 heavy (non-hydrogen) atoms. The predicted octanol–water partition coefficient (Wildman–Crippen LogP) is 3.37. The summed E-state index contributed by atoms with van der Waals surface area (Å²) in [6.07, 6.45) is 0. The van der Waals surface area contributed by atoms with Crippen LogP contribution in [0.3, 0.4) is 0 Å². The molecule has 0 spiro atoms. The van der Waals surface area contributed by atoms with Crippen LogP contribution in [0.1, 0.15) is 5.56 Å². The molecule has 0 saturated carbocycles. The lowest BCUT2D eigenvalue weighted by molar-refractivity contribution is 0.603. The van der Waals surface area contributed by atoms with E-state index in [1.54, 1.807) is 6.07 Å². The molecule has 1 aliphatic rings. The van der Waals surface area contributed by atoms with Gasteiger partial charge >= 0.3 is 0 Å². The number of anilines is 1. The van der Waals surface area contributed by atoms with Crippen molar-refractivity contribution in [1.82, 2.24) is 0 Å². The van der Waals surface area contributed by atoms with Crippen LogP contribution in [-0.2, 0) is 16.1 Å². The highest BCUT2D eigenvalue weighted by atomic mass is 32.2. The van der Waals surface area contributed by atoms with E-state index in [1.165, 1.54) is 5.56 Å². The van der Waals surface area contributed by atoms with E-state index >= 15 is 0 Å². The molecule has 5 heteroatoms. The van der Waals surface area contributed by atoms with Crippen LogP contribution < -0.4 is 4.72 Å². The number of benzene rings is 2. The van der Waals surface area contributed by atoms with Gasteiger partial charge in [0.2, 0.25) is 0 Å². The third-order valence-corrected chi connectivity index (χ3v) is 6.20. The maximum absolute atomic E-state index is 12.0. The number of hydrogen-bond acceptors (Lipinski definition) is 2. The lowest BCUT2D eigenvalue weighted by atomic mass is 10.0. The van der Waals surface area contributed by atoms with Crippen LogP contribution in [0.2, 0.25) is 19.6 Å². The Morgan fingerprint density at radius 3 is 2.53 bits per heavy atom. The molecule has 1 N–H and O–H groups in total. The quantitative estimate of drug-likeness (QED) is 0.862. The van der Waals surface area contributed by atoms with Crippen LogP contribution in [-0.4, -0.2) is 16.5 Å². The second-order valence-electron chi connectivity index (χ2n) is 6.29. The van der Waals surface area contributed by atoms with Gasteiger partial charge in [0.15, 0.2) is 0 Å². The number of hydrogen-bond donors (Lipinski definition) is 1. The molecule has 0 bridgehead atoms. The van der Waals surface area contributed by atoms with Crippen LogP contribution in [0.25, 0.3) is 10.8 Å². The molecular formula is C14H17NO2SSi. The monoisotopic (exact) mass is 291 g/mol. The van der Waals surface area contributed by atoms with Gasteiger partial charge in [-0.25, -0.2) is 8.42 Å². The highest BCUT2D eigenvalue weighted by Gasteiger charge is 2.28. The van der Waals surface area contributed by atoms with E-state index < -0.39 is 18.1 Å². The van der Waals surface area contributed by atoms with Crippen molar-refractivity contribution >= 4 is 34.6 Å². The number of sulfonamides is 1. The third-order valence-electron chi connectivity index (χ3n) is 3.35. The van der Waals surface area contributed by atoms with E-state index in [-0.39, 0.29) is 0 Å². The van der Waals surface area contributed by atoms with Gasteiger partial charge in [0.25, 0.3) is 10.0 Å². The Kier molecular flexibility index (Phi) is 2.56. The molecule has 3 rings (SSSR count). The first-order valence-corrected chi connectivity index (χ1v) is 11.5. The van der Waals surface area contributed by atoms with Crippen molar-refractivity contribution in [3.05, 3.63) is 35.9 Å². The maximum atomic E-state index is 12.0. The summed E-state index contributed by atoms with van der Waals surface area (Å²) in [5.41, 5.74) is 1.98. The van der Waals surface area contributed by atoms with Gasteiger partial charge in [-0.2, -0.15) is 0 Å². The van der Waals surface area contributed by atoms with Gasteiger partial charge in [0, 0.05) is 13.5 Å². The molecule has 0 saturated heterocycles. The highest BCUT2D eigenvalue weighted by Crippen LogP contribution is 2.39. The van der Waals surface area contributed by atoms with Crippen LogP contribution in [0, 0.1) is 0 Å². The van der Waals surface area contributed by atoms with E-state index in [2.05, 4.69) is 24.4 Å². The molecule has 0 unspecified atom stereocenters. The fourth-order valence-corrected chi connectivity index (χ4v) is 5.43. The first kappa shape index (κ1) is 12.7. The molecule has 0 aliphatic carbocycles. The van der Waals surface area contributed by atoms with Crippen molar-refractivity contribution in [1.29, 1.82) is 0 Å². The topological polar surface area (TPSA) is 46.2 Å². The molecule has 2 aromatic rings. The van der Waals surface area contributed by atoms with E-state index in [0.29, 0.717) is 10.6 Å². The Bertz CT molecular complexity index is 776. The summed E-state index contributed by atoms with van der Waals surface area (Å²) >= 11 is 0. The third kappa shape index (κ3) is 2.07. The molecule has 1 heterocycles. The van der Waals surface area contributed by atoms with E-state index in [4.69, 9.17) is 0 Å². The van der Waals surface area contributed by atoms with Gasteiger partial charge in [0.1, 0.15) is 0 Å². The zero-order valence-electron chi connectivity index (χ0n) is 11.3. The summed E-state index contributed by atoms with van der Waals surface area (Å²) in [6.45, 7) is 6.97. The minimum absolute atomic E-state index is 0.414. The number of rotatable bonds is 2. The van der Waals surface area contributed by atoms with Gasteiger partial charge in [-0.05, 0) is 29.1 Å². The highest BCUT2D eigenvalue weighted by molar-refractivity contribution is 7.93. The van der Waals surface area contributed by atoms with Crippen molar-refractivity contribution < 1.29 is 8.42 Å². The smallest absolute Gasteiger partial charge is 0.262 e.